The standard InChI is InChI=1S/C17H28N4O2/c1-13(14-6-7-14)21-16(8-9-18-21)19-17(23)12-20-10-2-4-15(20)5-3-11-22/h8-9,13-15,22H,2-7,10-12H2,1H3,(H,19,23). The number of aliphatic hydroxyl groups is 1. The molecule has 1 aliphatic carbocycles. The summed E-state index contributed by atoms with van der Waals surface area (Å²) in [5, 5.41) is 16.4. The number of anilines is 1. The SMILES string of the molecule is CC(C1CC1)n1nccc1NC(=O)CN1CCCC1CCCO. The van der Waals surface area contributed by atoms with Gasteiger partial charge in [-0.3, -0.25) is 9.69 Å². The lowest BCUT2D eigenvalue weighted by Gasteiger charge is -2.24. The Morgan fingerprint density at radius 1 is 1.48 bits per heavy atom. The fraction of sp³-hybridized carbons (Fsp3) is 0.765. The van der Waals surface area contributed by atoms with Crippen molar-refractivity contribution in [1.29, 1.82) is 0 Å². The van der Waals surface area contributed by atoms with Crippen molar-refractivity contribution in [3.8, 4) is 0 Å². The van der Waals surface area contributed by atoms with E-state index in [2.05, 4.69) is 22.2 Å². The van der Waals surface area contributed by atoms with Gasteiger partial charge in [-0.2, -0.15) is 5.10 Å². The van der Waals surface area contributed by atoms with Crippen molar-refractivity contribution in [3.05, 3.63) is 12.3 Å². The number of amides is 1. The Labute approximate surface area is 137 Å². The van der Waals surface area contributed by atoms with Crippen LogP contribution in [0.2, 0.25) is 0 Å². The van der Waals surface area contributed by atoms with E-state index in [9.17, 15) is 4.79 Å². The molecule has 0 bridgehead atoms. The number of nitrogens with zero attached hydrogens (tertiary/aromatic N) is 3. The molecule has 1 amide bonds. The smallest absolute Gasteiger partial charge is 0.239 e. The van der Waals surface area contributed by atoms with E-state index < -0.39 is 0 Å². The van der Waals surface area contributed by atoms with Crippen LogP contribution in [0.4, 0.5) is 5.82 Å². The highest BCUT2D eigenvalue weighted by molar-refractivity contribution is 5.91. The number of carbonyl (C=O) groups is 1. The first-order valence-corrected chi connectivity index (χ1v) is 8.87. The number of hydrogen-bond donors (Lipinski definition) is 2. The Bertz CT molecular complexity index is 526. The molecule has 2 unspecified atom stereocenters. The summed E-state index contributed by atoms with van der Waals surface area (Å²) in [6, 6.07) is 2.66. The third-order valence-electron chi connectivity index (χ3n) is 5.17. The van der Waals surface area contributed by atoms with Crippen LogP contribution in [-0.4, -0.2) is 51.4 Å². The second kappa shape index (κ2) is 7.45. The molecular formula is C17H28N4O2. The molecular weight excluding hydrogens is 292 g/mol. The Morgan fingerprint density at radius 2 is 2.30 bits per heavy atom. The van der Waals surface area contributed by atoms with E-state index in [4.69, 9.17) is 5.11 Å². The Balaban J connectivity index is 1.54. The number of hydrogen-bond acceptors (Lipinski definition) is 4. The summed E-state index contributed by atoms with van der Waals surface area (Å²) in [6.45, 7) is 3.81. The van der Waals surface area contributed by atoms with Gasteiger partial charge in [-0.1, -0.05) is 0 Å². The maximum absolute atomic E-state index is 12.4. The molecule has 0 aromatic carbocycles. The van der Waals surface area contributed by atoms with Crippen LogP contribution < -0.4 is 5.32 Å². The van der Waals surface area contributed by atoms with E-state index in [1.807, 2.05) is 10.7 Å². The third-order valence-corrected chi connectivity index (χ3v) is 5.17. The van der Waals surface area contributed by atoms with Crippen molar-refractivity contribution in [2.24, 2.45) is 5.92 Å². The van der Waals surface area contributed by atoms with Crippen molar-refractivity contribution in [1.82, 2.24) is 14.7 Å². The lowest BCUT2D eigenvalue weighted by Crippen LogP contribution is -2.37. The van der Waals surface area contributed by atoms with Crippen LogP contribution >= 0.6 is 0 Å². The molecule has 0 radical (unpaired) electrons. The van der Waals surface area contributed by atoms with Gasteiger partial charge >= 0.3 is 0 Å². The second-order valence-corrected chi connectivity index (χ2v) is 6.92. The molecule has 1 saturated heterocycles. The van der Waals surface area contributed by atoms with Gasteiger partial charge in [0.15, 0.2) is 0 Å². The average molecular weight is 320 g/mol. The van der Waals surface area contributed by atoms with Gasteiger partial charge in [-0.05, 0) is 57.9 Å². The van der Waals surface area contributed by atoms with Gasteiger partial charge < -0.3 is 10.4 Å². The first kappa shape index (κ1) is 16.5. The van der Waals surface area contributed by atoms with Gasteiger partial charge in [0.25, 0.3) is 0 Å². The van der Waals surface area contributed by atoms with E-state index in [1.165, 1.54) is 12.8 Å². The first-order valence-electron chi connectivity index (χ1n) is 8.87. The molecule has 128 valence electrons. The molecule has 1 aromatic heterocycles. The summed E-state index contributed by atoms with van der Waals surface area (Å²) in [4.78, 5) is 14.6. The topological polar surface area (TPSA) is 70.4 Å². The molecule has 3 rings (SSSR count). The number of nitrogens with one attached hydrogen (secondary N) is 1. The Hall–Kier alpha value is -1.40. The van der Waals surface area contributed by atoms with Crippen molar-refractivity contribution >= 4 is 11.7 Å². The molecule has 2 fully saturated rings. The van der Waals surface area contributed by atoms with E-state index in [0.29, 0.717) is 24.5 Å². The van der Waals surface area contributed by atoms with Crippen LogP contribution in [0.25, 0.3) is 0 Å². The van der Waals surface area contributed by atoms with Crippen LogP contribution in [-0.2, 0) is 4.79 Å². The van der Waals surface area contributed by atoms with Crippen LogP contribution in [0.1, 0.15) is 51.5 Å². The van der Waals surface area contributed by atoms with Gasteiger partial charge in [0.1, 0.15) is 5.82 Å². The molecule has 2 aliphatic rings. The van der Waals surface area contributed by atoms with Crippen LogP contribution in [0.5, 0.6) is 0 Å². The molecule has 0 spiro atoms. The molecule has 2 atom stereocenters. The summed E-state index contributed by atoms with van der Waals surface area (Å²) in [6.07, 6.45) is 8.33. The number of likely N-dealkylation sites (tertiary alicyclic amines) is 1. The highest BCUT2D eigenvalue weighted by Gasteiger charge is 2.31. The zero-order chi connectivity index (χ0) is 16.2. The molecule has 2 heterocycles. The predicted octanol–water partition coefficient (Wildman–Crippen LogP) is 2.03. The zero-order valence-corrected chi connectivity index (χ0v) is 13.9. The summed E-state index contributed by atoms with van der Waals surface area (Å²) in [5.74, 6) is 1.54. The average Bonchev–Trinajstić information content (AvgIpc) is 3.14. The fourth-order valence-corrected chi connectivity index (χ4v) is 3.64. The molecule has 1 aliphatic heterocycles. The number of aromatic nitrogens is 2. The Kier molecular flexibility index (Phi) is 5.33. The lowest BCUT2D eigenvalue weighted by atomic mass is 10.1. The van der Waals surface area contributed by atoms with Gasteiger partial charge in [-0.15, -0.1) is 0 Å². The highest BCUT2D eigenvalue weighted by atomic mass is 16.3. The van der Waals surface area contributed by atoms with E-state index in [-0.39, 0.29) is 12.5 Å². The van der Waals surface area contributed by atoms with E-state index >= 15 is 0 Å². The van der Waals surface area contributed by atoms with Crippen molar-refractivity contribution < 1.29 is 9.90 Å². The summed E-state index contributed by atoms with van der Waals surface area (Å²) < 4.78 is 1.95. The molecule has 1 aromatic rings. The summed E-state index contributed by atoms with van der Waals surface area (Å²) >= 11 is 0. The van der Waals surface area contributed by atoms with Gasteiger partial charge in [0.05, 0.1) is 18.8 Å². The summed E-state index contributed by atoms with van der Waals surface area (Å²) in [7, 11) is 0. The number of rotatable bonds is 8. The van der Waals surface area contributed by atoms with Crippen LogP contribution in [0.15, 0.2) is 12.3 Å². The van der Waals surface area contributed by atoms with E-state index in [1.54, 1.807) is 6.20 Å². The number of aliphatic hydroxyl groups excluding tert-OH is 1. The third kappa shape index (κ3) is 4.12. The first-order chi connectivity index (χ1) is 11.2. The summed E-state index contributed by atoms with van der Waals surface area (Å²) in [5.41, 5.74) is 0. The molecule has 6 nitrogen and oxygen atoms in total. The molecule has 23 heavy (non-hydrogen) atoms. The maximum Gasteiger partial charge on any atom is 0.239 e. The molecule has 2 N–H and O–H groups in total. The number of carbonyl (C=O) groups excluding carboxylic acids is 1. The second-order valence-electron chi connectivity index (χ2n) is 6.92. The molecule has 1 saturated carbocycles. The fourth-order valence-electron chi connectivity index (χ4n) is 3.64. The van der Waals surface area contributed by atoms with Gasteiger partial charge in [-0.25, -0.2) is 4.68 Å². The quantitative estimate of drug-likeness (QED) is 0.769. The zero-order valence-electron chi connectivity index (χ0n) is 13.9. The van der Waals surface area contributed by atoms with Crippen LogP contribution in [0, 0.1) is 5.92 Å². The van der Waals surface area contributed by atoms with Crippen molar-refractivity contribution in [2.45, 2.75) is 57.5 Å². The monoisotopic (exact) mass is 320 g/mol. The van der Waals surface area contributed by atoms with Crippen molar-refractivity contribution in [3.63, 3.8) is 0 Å². The van der Waals surface area contributed by atoms with Gasteiger partial charge in [0, 0.05) is 18.7 Å². The maximum atomic E-state index is 12.4. The largest absolute Gasteiger partial charge is 0.396 e. The van der Waals surface area contributed by atoms with Crippen LogP contribution in [0.3, 0.4) is 0 Å². The minimum atomic E-state index is 0.0330. The predicted molar refractivity (Wildman–Crippen MR) is 89.2 cm³/mol. The van der Waals surface area contributed by atoms with Crippen molar-refractivity contribution in [2.75, 3.05) is 25.0 Å². The normalized spacial score (nSPS) is 23.1. The Morgan fingerprint density at radius 3 is 3.04 bits per heavy atom. The molecule has 6 heteroatoms. The highest BCUT2D eigenvalue weighted by Crippen LogP contribution is 2.40. The lowest BCUT2D eigenvalue weighted by molar-refractivity contribution is -0.117. The minimum Gasteiger partial charge on any atom is -0.396 e. The van der Waals surface area contributed by atoms with Gasteiger partial charge in [0.2, 0.25) is 5.91 Å². The minimum absolute atomic E-state index is 0.0330. The van der Waals surface area contributed by atoms with E-state index in [0.717, 1.165) is 38.0 Å².